The summed E-state index contributed by atoms with van der Waals surface area (Å²) < 4.78 is 0. The van der Waals surface area contributed by atoms with E-state index in [1.165, 1.54) is 29.5 Å². The number of nitrogens with one attached hydrogen (secondary N) is 1. The van der Waals surface area contributed by atoms with Crippen LogP contribution in [0.3, 0.4) is 0 Å². The molecule has 0 aliphatic rings. The van der Waals surface area contributed by atoms with Crippen molar-refractivity contribution in [3.63, 3.8) is 0 Å². The van der Waals surface area contributed by atoms with Crippen LogP contribution in [-0.2, 0) is 0 Å². The van der Waals surface area contributed by atoms with Crippen LogP contribution in [0.15, 0.2) is 35.0 Å². The summed E-state index contributed by atoms with van der Waals surface area (Å²) in [7, 11) is 0. The number of thiophene rings is 1. The van der Waals surface area contributed by atoms with Crippen molar-refractivity contribution in [2.24, 2.45) is 0 Å². The fourth-order valence-electron chi connectivity index (χ4n) is 1.77. The molecule has 3 N–H and O–H groups in total. The molecule has 0 fully saturated rings. The number of benzene rings is 1. The highest BCUT2D eigenvalue weighted by Crippen LogP contribution is 2.23. The van der Waals surface area contributed by atoms with E-state index in [2.05, 4.69) is 5.32 Å². The molecule has 7 heteroatoms. The number of nitrogens with zero attached hydrogens (tertiary/aromatic N) is 1. The van der Waals surface area contributed by atoms with Gasteiger partial charge in [0.05, 0.1) is 11.0 Å². The first kappa shape index (κ1) is 14.0. The van der Waals surface area contributed by atoms with Crippen molar-refractivity contribution in [3.8, 4) is 0 Å². The van der Waals surface area contributed by atoms with E-state index in [4.69, 9.17) is 5.73 Å². The fraction of sp³-hybridized carbons (Fsp3) is 0.154. The summed E-state index contributed by atoms with van der Waals surface area (Å²) in [6.45, 7) is 1.82. The Morgan fingerprint density at radius 2 is 2.20 bits per heavy atom. The lowest BCUT2D eigenvalue weighted by atomic mass is 10.1. The second kappa shape index (κ2) is 5.70. The topological polar surface area (TPSA) is 98.3 Å². The summed E-state index contributed by atoms with van der Waals surface area (Å²) in [5, 5.41) is 17.5. The summed E-state index contributed by atoms with van der Waals surface area (Å²) in [5.41, 5.74) is 6.57. The molecule has 0 saturated heterocycles. The minimum atomic E-state index is -0.594. The summed E-state index contributed by atoms with van der Waals surface area (Å²) in [6, 6.07) is 5.61. The number of nitro benzene ring substituents is 1. The molecule has 0 radical (unpaired) electrons. The van der Waals surface area contributed by atoms with E-state index in [1.54, 1.807) is 0 Å². The standard InChI is InChI=1S/C13H13N3O3S/c1-8(9-4-5-20-7-9)15-13(17)11-6-10(14)2-3-12(11)16(18)19/h2-8H,14H2,1H3,(H,15,17). The largest absolute Gasteiger partial charge is 0.399 e. The lowest BCUT2D eigenvalue weighted by Crippen LogP contribution is -2.27. The lowest BCUT2D eigenvalue weighted by molar-refractivity contribution is -0.385. The smallest absolute Gasteiger partial charge is 0.282 e. The molecule has 1 amide bonds. The number of hydrogen-bond donors (Lipinski definition) is 2. The van der Waals surface area contributed by atoms with E-state index >= 15 is 0 Å². The molecule has 20 heavy (non-hydrogen) atoms. The third-order valence-electron chi connectivity index (χ3n) is 2.85. The molecule has 0 bridgehead atoms. The molecular weight excluding hydrogens is 278 g/mol. The van der Waals surface area contributed by atoms with E-state index < -0.39 is 10.8 Å². The van der Waals surface area contributed by atoms with Crippen molar-refractivity contribution in [3.05, 3.63) is 56.3 Å². The molecule has 0 saturated carbocycles. The maximum absolute atomic E-state index is 12.2. The molecule has 0 aliphatic carbocycles. The van der Waals surface area contributed by atoms with Gasteiger partial charge in [-0.25, -0.2) is 0 Å². The van der Waals surface area contributed by atoms with E-state index in [1.807, 2.05) is 23.8 Å². The van der Waals surface area contributed by atoms with Crippen LogP contribution in [0.5, 0.6) is 0 Å². The molecule has 1 aromatic heterocycles. The van der Waals surface area contributed by atoms with Crippen LogP contribution >= 0.6 is 11.3 Å². The van der Waals surface area contributed by atoms with Crippen molar-refractivity contribution in [1.82, 2.24) is 5.32 Å². The number of nitrogen functional groups attached to an aromatic ring is 1. The van der Waals surface area contributed by atoms with Gasteiger partial charge in [-0.3, -0.25) is 14.9 Å². The Morgan fingerprint density at radius 1 is 1.45 bits per heavy atom. The van der Waals surface area contributed by atoms with Gasteiger partial charge in [-0.1, -0.05) is 0 Å². The van der Waals surface area contributed by atoms with Gasteiger partial charge in [-0.15, -0.1) is 0 Å². The fourth-order valence-corrected chi connectivity index (χ4v) is 2.53. The molecule has 6 nitrogen and oxygen atoms in total. The van der Waals surface area contributed by atoms with Crippen LogP contribution in [0, 0.1) is 10.1 Å². The Labute approximate surface area is 119 Å². The number of nitro groups is 1. The number of amides is 1. The van der Waals surface area contributed by atoms with E-state index in [-0.39, 0.29) is 17.3 Å². The number of anilines is 1. The van der Waals surface area contributed by atoms with Gasteiger partial charge in [0.2, 0.25) is 0 Å². The zero-order valence-electron chi connectivity index (χ0n) is 10.7. The molecule has 2 rings (SSSR count). The molecule has 1 heterocycles. The number of nitrogens with two attached hydrogens (primary N) is 1. The van der Waals surface area contributed by atoms with Crippen LogP contribution in [0.25, 0.3) is 0 Å². The van der Waals surface area contributed by atoms with Gasteiger partial charge in [-0.05, 0) is 41.4 Å². The molecule has 2 aromatic rings. The zero-order chi connectivity index (χ0) is 14.7. The Kier molecular flexibility index (Phi) is 3.99. The van der Waals surface area contributed by atoms with Crippen molar-refractivity contribution < 1.29 is 9.72 Å². The third kappa shape index (κ3) is 2.94. The van der Waals surface area contributed by atoms with Crippen LogP contribution in [0.4, 0.5) is 11.4 Å². The van der Waals surface area contributed by atoms with Gasteiger partial charge >= 0.3 is 0 Å². The first-order valence-corrected chi connectivity index (χ1v) is 6.80. The number of carbonyl (C=O) groups is 1. The zero-order valence-corrected chi connectivity index (χ0v) is 11.5. The second-order valence-corrected chi connectivity index (χ2v) is 5.07. The Hall–Kier alpha value is -2.41. The van der Waals surface area contributed by atoms with E-state index in [0.717, 1.165) is 5.56 Å². The number of rotatable bonds is 4. The first-order valence-electron chi connectivity index (χ1n) is 5.86. The molecule has 0 aliphatic heterocycles. The van der Waals surface area contributed by atoms with Crippen LogP contribution < -0.4 is 11.1 Å². The monoisotopic (exact) mass is 291 g/mol. The number of hydrogen-bond acceptors (Lipinski definition) is 5. The van der Waals surface area contributed by atoms with Crippen molar-refractivity contribution in [1.29, 1.82) is 0 Å². The summed E-state index contributed by atoms with van der Waals surface area (Å²) in [6.07, 6.45) is 0. The Balaban J connectivity index is 2.25. The molecule has 1 aromatic carbocycles. The molecule has 104 valence electrons. The maximum atomic E-state index is 12.2. The Morgan fingerprint density at radius 3 is 2.80 bits per heavy atom. The van der Waals surface area contributed by atoms with Crippen LogP contribution in [-0.4, -0.2) is 10.8 Å². The average Bonchev–Trinajstić information content (AvgIpc) is 2.92. The SMILES string of the molecule is CC(NC(=O)c1cc(N)ccc1[N+](=O)[O-])c1ccsc1. The van der Waals surface area contributed by atoms with Crippen molar-refractivity contribution in [2.45, 2.75) is 13.0 Å². The Bertz CT molecular complexity index is 640. The van der Waals surface area contributed by atoms with Gasteiger partial charge in [0, 0.05) is 11.8 Å². The average molecular weight is 291 g/mol. The van der Waals surface area contributed by atoms with Gasteiger partial charge in [0.15, 0.2) is 0 Å². The van der Waals surface area contributed by atoms with Crippen LogP contribution in [0.1, 0.15) is 28.9 Å². The molecule has 1 unspecified atom stereocenters. The summed E-state index contributed by atoms with van der Waals surface area (Å²) >= 11 is 1.52. The normalized spacial score (nSPS) is 11.8. The lowest BCUT2D eigenvalue weighted by Gasteiger charge is -2.13. The minimum Gasteiger partial charge on any atom is -0.399 e. The quantitative estimate of drug-likeness (QED) is 0.514. The molecule has 0 spiro atoms. The highest BCUT2D eigenvalue weighted by Gasteiger charge is 2.21. The van der Waals surface area contributed by atoms with Crippen molar-refractivity contribution in [2.75, 3.05) is 5.73 Å². The van der Waals surface area contributed by atoms with Crippen LogP contribution in [0.2, 0.25) is 0 Å². The van der Waals surface area contributed by atoms with Gasteiger partial charge in [-0.2, -0.15) is 11.3 Å². The number of carbonyl (C=O) groups excluding carboxylic acids is 1. The minimum absolute atomic E-state index is 0.0305. The van der Waals surface area contributed by atoms with Gasteiger partial charge in [0.25, 0.3) is 11.6 Å². The molecule has 1 atom stereocenters. The predicted molar refractivity (Wildman–Crippen MR) is 77.7 cm³/mol. The third-order valence-corrected chi connectivity index (χ3v) is 3.55. The molecular formula is C13H13N3O3S. The summed E-state index contributed by atoms with van der Waals surface area (Å²) in [5.74, 6) is -0.511. The van der Waals surface area contributed by atoms with Gasteiger partial charge in [0.1, 0.15) is 5.56 Å². The van der Waals surface area contributed by atoms with E-state index in [9.17, 15) is 14.9 Å². The second-order valence-electron chi connectivity index (χ2n) is 4.29. The summed E-state index contributed by atoms with van der Waals surface area (Å²) in [4.78, 5) is 22.5. The highest BCUT2D eigenvalue weighted by molar-refractivity contribution is 7.07. The maximum Gasteiger partial charge on any atom is 0.282 e. The van der Waals surface area contributed by atoms with Crippen molar-refractivity contribution >= 4 is 28.6 Å². The highest BCUT2D eigenvalue weighted by atomic mass is 32.1. The first-order chi connectivity index (χ1) is 9.49. The van der Waals surface area contributed by atoms with Gasteiger partial charge < -0.3 is 11.1 Å². The van der Waals surface area contributed by atoms with E-state index in [0.29, 0.717) is 5.69 Å². The predicted octanol–water partition coefficient (Wildman–Crippen LogP) is 2.73.